The number of aromatic nitrogens is 3. The first-order valence-corrected chi connectivity index (χ1v) is 5.16. The van der Waals surface area contributed by atoms with E-state index in [-0.39, 0.29) is 6.04 Å². The van der Waals surface area contributed by atoms with Crippen LogP contribution in [0.4, 0.5) is 0 Å². The van der Waals surface area contributed by atoms with Gasteiger partial charge in [0.15, 0.2) is 0 Å². The van der Waals surface area contributed by atoms with E-state index in [2.05, 4.69) is 16.7 Å². The highest BCUT2D eigenvalue weighted by Crippen LogP contribution is 2.24. The molecule has 5 heteroatoms. The second kappa shape index (κ2) is 4.47. The minimum Gasteiger partial charge on any atom is -0.481 e. The van der Waals surface area contributed by atoms with Crippen molar-refractivity contribution in [1.29, 1.82) is 0 Å². The largest absolute Gasteiger partial charge is 0.481 e. The van der Waals surface area contributed by atoms with Gasteiger partial charge in [-0.05, 0) is 20.8 Å². The van der Waals surface area contributed by atoms with E-state index in [1.807, 2.05) is 13.8 Å². The SMILES string of the molecule is C=CC(C)(Cc1ncnn1C(C)C)C(=O)O. The van der Waals surface area contributed by atoms with E-state index in [0.717, 1.165) is 0 Å². The highest BCUT2D eigenvalue weighted by molar-refractivity contribution is 5.76. The molecule has 16 heavy (non-hydrogen) atoms. The van der Waals surface area contributed by atoms with Gasteiger partial charge in [0.2, 0.25) is 0 Å². The third-order valence-corrected chi connectivity index (χ3v) is 2.60. The molecule has 0 radical (unpaired) electrons. The lowest BCUT2D eigenvalue weighted by atomic mass is 9.87. The summed E-state index contributed by atoms with van der Waals surface area (Å²) in [5, 5.41) is 13.2. The summed E-state index contributed by atoms with van der Waals surface area (Å²) in [6.45, 7) is 9.15. The normalized spacial score (nSPS) is 14.8. The third-order valence-electron chi connectivity index (χ3n) is 2.60. The Morgan fingerprint density at radius 2 is 2.38 bits per heavy atom. The fourth-order valence-electron chi connectivity index (χ4n) is 1.40. The molecule has 0 amide bonds. The highest BCUT2D eigenvalue weighted by Gasteiger charge is 2.32. The average molecular weight is 223 g/mol. The molecule has 88 valence electrons. The summed E-state index contributed by atoms with van der Waals surface area (Å²) in [7, 11) is 0. The van der Waals surface area contributed by atoms with E-state index in [1.165, 1.54) is 12.4 Å². The first-order valence-electron chi connectivity index (χ1n) is 5.16. The van der Waals surface area contributed by atoms with Gasteiger partial charge in [0, 0.05) is 12.5 Å². The maximum atomic E-state index is 11.1. The van der Waals surface area contributed by atoms with Crippen molar-refractivity contribution in [3.8, 4) is 0 Å². The van der Waals surface area contributed by atoms with Gasteiger partial charge >= 0.3 is 5.97 Å². The van der Waals surface area contributed by atoms with Crippen LogP contribution in [0.15, 0.2) is 19.0 Å². The fraction of sp³-hybridized carbons (Fsp3) is 0.545. The van der Waals surface area contributed by atoms with Gasteiger partial charge < -0.3 is 5.11 Å². The maximum Gasteiger partial charge on any atom is 0.313 e. The van der Waals surface area contributed by atoms with Crippen LogP contribution in [0, 0.1) is 5.41 Å². The molecule has 1 atom stereocenters. The molecule has 0 saturated carbocycles. The molecule has 0 bridgehead atoms. The van der Waals surface area contributed by atoms with E-state index in [4.69, 9.17) is 5.11 Å². The van der Waals surface area contributed by atoms with Gasteiger partial charge in [-0.2, -0.15) is 5.10 Å². The van der Waals surface area contributed by atoms with Crippen LogP contribution in [0.1, 0.15) is 32.6 Å². The molecule has 1 aromatic heterocycles. The molecule has 1 rings (SSSR count). The van der Waals surface area contributed by atoms with Crippen LogP contribution in [0.5, 0.6) is 0 Å². The smallest absolute Gasteiger partial charge is 0.313 e. The minimum absolute atomic E-state index is 0.167. The predicted octanol–water partition coefficient (Wildman–Crippen LogP) is 1.68. The molecule has 1 heterocycles. The first kappa shape index (κ1) is 12.4. The molecule has 1 N–H and O–H groups in total. The molecule has 1 unspecified atom stereocenters. The molecular formula is C11H17N3O2. The van der Waals surface area contributed by atoms with Gasteiger partial charge in [-0.25, -0.2) is 9.67 Å². The summed E-state index contributed by atoms with van der Waals surface area (Å²) in [6.07, 6.45) is 3.18. The van der Waals surface area contributed by atoms with Crippen molar-refractivity contribution in [3.63, 3.8) is 0 Å². The monoisotopic (exact) mass is 223 g/mol. The number of hydrogen-bond acceptors (Lipinski definition) is 3. The Morgan fingerprint density at radius 3 is 2.81 bits per heavy atom. The van der Waals surface area contributed by atoms with Crippen molar-refractivity contribution < 1.29 is 9.90 Å². The van der Waals surface area contributed by atoms with Crippen molar-refractivity contribution in [2.45, 2.75) is 33.2 Å². The third kappa shape index (κ3) is 2.29. The fourth-order valence-corrected chi connectivity index (χ4v) is 1.40. The molecule has 0 saturated heterocycles. The second-order valence-corrected chi connectivity index (χ2v) is 4.32. The second-order valence-electron chi connectivity index (χ2n) is 4.32. The molecule has 0 fully saturated rings. The number of hydrogen-bond donors (Lipinski definition) is 1. The van der Waals surface area contributed by atoms with Crippen molar-refractivity contribution in [2.24, 2.45) is 5.41 Å². The summed E-state index contributed by atoms with van der Waals surface area (Å²) < 4.78 is 1.73. The van der Waals surface area contributed by atoms with Crippen LogP contribution < -0.4 is 0 Å². The minimum atomic E-state index is -1.00. The maximum absolute atomic E-state index is 11.1. The molecule has 0 aliphatic heterocycles. The zero-order valence-electron chi connectivity index (χ0n) is 9.84. The number of carboxylic acids is 1. The van der Waals surface area contributed by atoms with Crippen LogP contribution in [0.25, 0.3) is 0 Å². The number of carboxylic acid groups (broad SMARTS) is 1. The van der Waals surface area contributed by atoms with Gasteiger partial charge in [-0.3, -0.25) is 4.79 Å². The van der Waals surface area contributed by atoms with E-state index in [9.17, 15) is 4.79 Å². The van der Waals surface area contributed by atoms with Gasteiger partial charge in [-0.15, -0.1) is 6.58 Å². The summed E-state index contributed by atoms with van der Waals surface area (Å²) in [5.41, 5.74) is -1.00. The topological polar surface area (TPSA) is 68.0 Å². The standard InChI is InChI=1S/C11H17N3O2/c1-5-11(4,10(15)16)6-9-12-7-13-14(9)8(2)3/h5,7-8H,1,6H2,2-4H3,(H,15,16). The van der Waals surface area contributed by atoms with E-state index in [1.54, 1.807) is 11.6 Å². The van der Waals surface area contributed by atoms with E-state index >= 15 is 0 Å². The van der Waals surface area contributed by atoms with Gasteiger partial charge in [-0.1, -0.05) is 6.08 Å². The quantitative estimate of drug-likeness (QED) is 0.771. The molecule has 0 aliphatic carbocycles. The van der Waals surface area contributed by atoms with Gasteiger partial charge in [0.1, 0.15) is 12.2 Å². The molecule has 0 spiro atoms. The summed E-state index contributed by atoms with van der Waals surface area (Å²) in [5.74, 6) is -0.236. The molecule has 0 aromatic carbocycles. The zero-order valence-corrected chi connectivity index (χ0v) is 9.84. The molecular weight excluding hydrogens is 206 g/mol. The Labute approximate surface area is 94.8 Å². The number of aliphatic carboxylic acids is 1. The lowest BCUT2D eigenvalue weighted by Crippen LogP contribution is -2.29. The highest BCUT2D eigenvalue weighted by atomic mass is 16.4. The Hall–Kier alpha value is -1.65. The zero-order chi connectivity index (χ0) is 12.3. The van der Waals surface area contributed by atoms with Crippen LogP contribution in [-0.4, -0.2) is 25.8 Å². The van der Waals surface area contributed by atoms with Crippen LogP contribution in [-0.2, 0) is 11.2 Å². The predicted molar refractivity (Wildman–Crippen MR) is 60.1 cm³/mol. The summed E-state index contributed by atoms with van der Waals surface area (Å²) in [6, 6.07) is 0.167. The lowest BCUT2D eigenvalue weighted by Gasteiger charge is -2.20. The van der Waals surface area contributed by atoms with Crippen molar-refractivity contribution in [2.75, 3.05) is 0 Å². The van der Waals surface area contributed by atoms with Crippen molar-refractivity contribution >= 4 is 5.97 Å². The summed E-state index contributed by atoms with van der Waals surface area (Å²) in [4.78, 5) is 15.2. The van der Waals surface area contributed by atoms with E-state index < -0.39 is 11.4 Å². The van der Waals surface area contributed by atoms with Crippen LogP contribution in [0.3, 0.4) is 0 Å². The Morgan fingerprint density at radius 1 is 1.75 bits per heavy atom. The summed E-state index contributed by atoms with van der Waals surface area (Å²) >= 11 is 0. The van der Waals surface area contributed by atoms with Gasteiger partial charge in [0.25, 0.3) is 0 Å². The van der Waals surface area contributed by atoms with Crippen LogP contribution >= 0.6 is 0 Å². The number of nitrogens with zero attached hydrogens (tertiary/aromatic N) is 3. The van der Waals surface area contributed by atoms with Crippen molar-refractivity contribution in [1.82, 2.24) is 14.8 Å². The molecule has 1 aromatic rings. The van der Waals surface area contributed by atoms with E-state index in [0.29, 0.717) is 12.2 Å². The van der Waals surface area contributed by atoms with Crippen LogP contribution in [0.2, 0.25) is 0 Å². The lowest BCUT2D eigenvalue weighted by molar-refractivity contribution is -0.145. The molecule has 0 aliphatic rings. The first-order chi connectivity index (χ1) is 7.40. The van der Waals surface area contributed by atoms with Crippen molar-refractivity contribution in [3.05, 3.63) is 24.8 Å². The number of rotatable bonds is 5. The van der Waals surface area contributed by atoms with Gasteiger partial charge in [0.05, 0.1) is 5.41 Å². The Balaban J connectivity index is 2.99. The number of carbonyl (C=O) groups is 1. The Bertz CT molecular complexity index is 398. The Kier molecular flexibility index (Phi) is 3.47. The average Bonchev–Trinajstić information content (AvgIpc) is 2.65. The molecule has 5 nitrogen and oxygen atoms in total.